The molecule has 0 fully saturated rings. The summed E-state index contributed by atoms with van der Waals surface area (Å²) in [5.74, 6) is 0.812. The van der Waals surface area contributed by atoms with Gasteiger partial charge in [0.1, 0.15) is 17.6 Å². The first-order valence-corrected chi connectivity index (χ1v) is 10.8. The maximum absolute atomic E-state index is 8.49. The molecule has 0 amide bonds. The minimum absolute atomic E-state index is 0.812. The van der Waals surface area contributed by atoms with Crippen LogP contribution in [0, 0.1) is 10.2 Å². The van der Waals surface area contributed by atoms with Gasteiger partial charge in [0.05, 0.1) is 5.10 Å². The van der Waals surface area contributed by atoms with Gasteiger partial charge in [0.25, 0.3) is 0 Å². The van der Waals surface area contributed by atoms with Gasteiger partial charge in [0.15, 0.2) is 0 Å². The predicted molar refractivity (Wildman–Crippen MR) is 103 cm³/mol. The van der Waals surface area contributed by atoms with E-state index >= 15 is 0 Å². The topological polar surface area (TPSA) is 138 Å². The van der Waals surface area contributed by atoms with Crippen molar-refractivity contribution < 1.29 is 33.4 Å². The molecule has 0 aliphatic heterocycles. The Bertz CT molecular complexity index is 1080. The average molecular weight is 441 g/mol. The minimum atomic E-state index is -4.94. The summed E-state index contributed by atoms with van der Waals surface area (Å²) in [7, 11) is -4.94. The number of rotatable bonds is 5. The van der Waals surface area contributed by atoms with E-state index in [1.54, 1.807) is 6.20 Å². The van der Waals surface area contributed by atoms with Crippen LogP contribution in [0.1, 0.15) is 19.0 Å². The summed E-state index contributed by atoms with van der Waals surface area (Å²) in [5.41, 5.74) is 5.93. The molecule has 0 saturated heterocycles. The van der Waals surface area contributed by atoms with E-state index in [0.717, 1.165) is 29.9 Å². The average Bonchev–Trinajstić information content (AvgIpc) is 3.28. The monoisotopic (exact) mass is 440 g/mol. The number of aromatic nitrogens is 4. The Labute approximate surface area is 181 Å². The van der Waals surface area contributed by atoms with Crippen molar-refractivity contribution in [1.29, 1.82) is 0 Å². The van der Waals surface area contributed by atoms with Gasteiger partial charge in [-0.25, -0.2) is 18.6 Å². The molecule has 2 aromatic carbocycles. The SMILES string of the molecule is CCCc1cc(-c2ccccc2)cc(-c2ccccc2)[n+]1-c1cn[nH]n1.[O-][Cl+3]([O-])([O-])[O-]. The summed E-state index contributed by atoms with van der Waals surface area (Å²) in [6.45, 7) is 2.20. The first-order valence-electron chi connectivity index (χ1n) is 9.54. The lowest BCUT2D eigenvalue weighted by Crippen LogP contribution is -2.68. The molecule has 31 heavy (non-hydrogen) atoms. The second kappa shape index (κ2) is 10.3. The van der Waals surface area contributed by atoms with E-state index in [0.29, 0.717) is 0 Å². The molecule has 4 rings (SSSR count). The first-order chi connectivity index (χ1) is 14.9. The lowest BCUT2D eigenvalue weighted by atomic mass is 10.00. The Morgan fingerprint density at radius 2 is 1.42 bits per heavy atom. The fourth-order valence-corrected chi connectivity index (χ4v) is 3.28. The van der Waals surface area contributed by atoms with Crippen molar-refractivity contribution in [3.8, 4) is 28.2 Å². The van der Waals surface area contributed by atoms with Crippen LogP contribution in [0.2, 0.25) is 0 Å². The Balaban J connectivity index is 0.000000491. The zero-order chi connectivity index (χ0) is 22.3. The van der Waals surface area contributed by atoms with Crippen LogP contribution in [0.3, 0.4) is 0 Å². The summed E-state index contributed by atoms with van der Waals surface area (Å²) in [6, 6.07) is 25.5. The second-order valence-electron chi connectivity index (χ2n) is 6.64. The third-order valence-electron chi connectivity index (χ3n) is 4.46. The Morgan fingerprint density at radius 1 is 0.839 bits per heavy atom. The maximum atomic E-state index is 8.49. The van der Waals surface area contributed by atoms with Gasteiger partial charge in [-0.05, 0) is 29.7 Å². The number of nitrogens with zero attached hydrogens (tertiary/aromatic N) is 3. The summed E-state index contributed by atoms with van der Waals surface area (Å²) < 4.78 is 36.2. The Hall–Kier alpha value is -3.14. The first kappa shape index (κ1) is 22.5. The van der Waals surface area contributed by atoms with Crippen molar-refractivity contribution >= 4 is 0 Å². The molecular formula is C22H21ClN4O4. The van der Waals surface area contributed by atoms with E-state index in [1.807, 2.05) is 12.1 Å². The highest BCUT2D eigenvalue weighted by Gasteiger charge is 2.22. The number of benzene rings is 2. The normalized spacial score (nSPS) is 11.0. The van der Waals surface area contributed by atoms with Gasteiger partial charge >= 0.3 is 5.82 Å². The van der Waals surface area contributed by atoms with E-state index in [2.05, 4.69) is 87.6 Å². The summed E-state index contributed by atoms with van der Waals surface area (Å²) >= 11 is 0. The van der Waals surface area contributed by atoms with Gasteiger partial charge in [-0.15, -0.1) is 20.6 Å². The molecule has 4 aromatic rings. The molecule has 160 valence electrons. The third kappa shape index (κ3) is 6.42. The van der Waals surface area contributed by atoms with Crippen LogP contribution in [0.25, 0.3) is 28.2 Å². The molecule has 8 nitrogen and oxygen atoms in total. The Morgan fingerprint density at radius 3 is 1.94 bits per heavy atom. The quantitative estimate of drug-likeness (QED) is 0.419. The molecular weight excluding hydrogens is 420 g/mol. The fraction of sp³-hybridized carbons (Fsp3) is 0.136. The van der Waals surface area contributed by atoms with Crippen LogP contribution in [0.15, 0.2) is 79.0 Å². The van der Waals surface area contributed by atoms with Crippen LogP contribution >= 0.6 is 0 Å². The molecule has 9 heteroatoms. The van der Waals surface area contributed by atoms with E-state index in [-0.39, 0.29) is 0 Å². The highest BCUT2D eigenvalue weighted by Crippen LogP contribution is 2.26. The van der Waals surface area contributed by atoms with Crippen LogP contribution in [-0.4, -0.2) is 15.4 Å². The largest absolute Gasteiger partial charge is 0.375 e. The standard InChI is InChI=1S/C22H21N4.ClHO4/c1-2-9-20-14-19(17-10-5-3-6-11-17)15-21(18-12-7-4-8-13-18)26(20)22-16-23-25-24-22;2-1(3,4)5/h3-8,10-16H,2,9H2,1H3,(H,23,24,25);(H,2,3,4,5)/q+1;/p-1. The number of hydrogen-bond donors (Lipinski definition) is 1. The molecule has 0 aliphatic carbocycles. The van der Waals surface area contributed by atoms with Crippen LogP contribution in [0.4, 0.5) is 0 Å². The van der Waals surface area contributed by atoms with Crippen LogP contribution in [0.5, 0.6) is 0 Å². The molecule has 0 unspecified atom stereocenters. The van der Waals surface area contributed by atoms with E-state index in [4.69, 9.17) is 18.6 Å². The van der Waals surface area contributed by atoms with Gasteiger partial charge in [0, 0.05) is 12.0 Å². The number of aryl methyl sites for hydroxylation is 1. The van der Waals surface area contributed by atoms with Crippen molar-refractivity contribution in [3.63, 3.8) is 0 Å². The lowest BCUT2D eigenvalue weighted by molar-refractivity contribution is -2.00. The molecule has 0 bridgehead atoms. The number of aromatic amines is 1. The van der Waals surface area contributed by atoms with E-state index in [1.165, 1.54) is 16.8 Å². The van der Waals surface area contributed by atoms with Gasteiger partial charge in [-0.1, -0.05) is 67.6 Å². The predicted octanol–water partition coefficient (Wildman–Crippen LogP) is -0.388. The van der Waals surface area contributed by atoms with Crippen molar-refractivity contribution in [3.05, 3.63) is 84.7 Å². The molecule has 0 spiro atoms. The van der Waals surface area contributed by atoms with E-state index < -0.39 is 10.2 Å². The van der Waals surface area contributed by atoms with Gasteiger partial charge in [-0.3, -0.25) is 0 Å². The van der Waals surface area contributed by atoms with Gasteiger partial charge in [0.2, 0.25) is 0 Å². The zero-order valence-electron chi connectivity index (χ0n) is 16.8. The van der Waals surface area contributed by atoms with Gasteiger partial charge in [-0.2, -0.15) is 4.57 Å². The van der Waals surface area contributed by atoms with Crippen molar-refractivity contribution in [2.24, 2.45) is 0 Å². The molecule has 0 radical (unpaired) electrons. The molecule has 1 N–H and O–H groups in total. The molecule has 0 atom stereocenters. The Kier molecular flexibility index (Phi) is 7.45. The maximum Gasteiger partial charge on any atom is 0.375 e. The van der Waals surface area contributed by atoms with Crippen molar-refractivity contribution in [2.45, 2.75) is 19.8 Å². The molecule has 2 aromatic heterocycles. The zero-order valence-corrected chi connectivity index (χ0v) is 17.5. The van der Waals surface area contributed by atoms with Crippen molar-refractivity contribution in [1.82, 2.24) is 15.4 Å². The number of halogens is 1. The number of H-pyrrole nitrogens is 1. The second-order valence-corrected chi connectivity index (χ2v) is 7.40. The minimum Gasteiger partial charge on any atom is -0.222 e. The van der Waals surface area contributed by atoms with Crippen LogP contribution < -0.4 is 23.2 Å². The smallest absolute Gasteiger partial charge is 0.222 e. The fourth-order valence-electron chi connectivity index (χ4n) is 3.28. The highest BCUT2D eigenvalue weighted by atomic mass is 35.7. The summed E-state index contributed by atoms with van der Waals surface area (Å²) in [6.07, 6.45) is 3.80. The van der Waals surface area contributed by atoms with E-state index in [9.17, 15) is 0 Å². The summed E-state index contributed by atoms with van der Waals surface area (Å²) in [5, 5.41) is 11.1. The lowest BCUT2D eigenvalue weighted by Gasteiger charge is -2.17. The van der Waals surface area contributed by atoms with Crippen LogP contribution in [-0.2, 0) is 6.42 Å². The third-order valence-corrected chi connectivity index (χ3v) is 4.46. The number of pyridine rings is 1. The van der Waals surface area contributed by atoms with Crippen molar-refractivity contribution in [2.75, 3.05) is 0 Å². The number of nitrogens with one attached hydrogen (secondary N) is 1. The molecule has 0 saturated carbocycles. The van der Waals surface area contributed by atoms with Gasteiger partial charge < -0.3 is 0 Å². The molecule has 2 heterocycles. The highest BCUT2D eigenvalue weighted by molar-refractivity contribution is 5.69. The number of hydrogen-bond acceptors (Lipinski definition) is 6. The molecule has 0 aliphatic rings. The summed E-state index contributed by atoms with van der Waals surface area (Å²) in [4.78, 5) is 0.